The third kappa shape index (κ3) is 4.88. The molecule has 3 heterocycles. The van der Waals surface area contributed by atoms with Gasteiger partial charge >= 0.3 is 0 Å². The maximum atomic E-state index is 13.0. The van der Waals surface area contributed by atoms with E-state index in [2.05, 4.69) is 10.3 Å². The molecule has 2 aliphatic rings. The summed E-state index contributed by atoms with van der Waals surface area (Å²) in [6.45, 7) is 3.43. The largest absolute Gasteiger partial charge is 0.342 e. The molecule has 1 aromatic heterocycles. The molecule has 0 unspecified atom stereocenters. The number of carbonyl (C=O) groups excluding carboxylic acids is 3. The second-order valence-electron chi connectivity index (χ2n) is 8.19. The highest BCUT2D eigenvalue weighted by Crippen LogP contribution is 2.28. The Labute approximate surface area is 186 Å². The Kier molecular flexibility index (Phi) is 6.23. The third-order valence-electron chi connectivity index (χ3n) is 5.98. The first-order valence-electron chi connectivity index (χ1n) is 10.5. The Morgan fingerprint density at radius 1 is 1.06 bits per heavy atom. The van der Waals surface area contributed by atoms with E-state index in [4.69, 9.17) is 11.6 Å². The van der Waals surface area contributed by atoms with Crippen molar-refractivity contribution in [2.24, 2.45) is 11.8 Å². The van der Waals surface area contributed by atoms with E-state index in [9.17, 15) is 14.4 Å². The van der Waals surface area contributed by atoms with Crippen molar-refractivity contribution in [3.63, 3.8) is 0 Å². The molecule has 7 nitrogen and oxygen atoms in total. The van der Waals surface area contributed by atoms with Crippen molar-refractivity contribution >= 4 is 40.8 Å². The van der Waals surface area contributed by atoms with Crippen LogP contribution in [0.1, 0.15) is 24.8 Å². The van der Waals surface area contributed by atoms with E-state index in [0.29, 0.717) is 43.3 Å². The van der Waals surface area contributed by atoms with Gasteiger partial charge in [-0.05, 0) is 44.0 Å². The van der Waals surface area contributed by atoms with E-state index < -0.39 is 0 Å². The molecule has 0 bridgehead atoms. The molecule has 2 aliphatic heterocycles. The molecule has 0 saturated carbocycles. The lowest BCUT2D eigenvalue weighted by Crippen LogP contribution is -2.44. The number of benzene rings is 1. The van der Waals surface area contributed by atoms with Crippen molar-refractivity contribution in [3.8, 4) is 0 Å². The summed E-state index contributed by atoms with van der Waals surface area (Å²) in [5.74, 6) is -0.154. The van der Waals surface area contributed by atoms with Crippen LogP contribution in [0.4, 0.5) is 11.5 Å². The summed E-state index contributed by atoms with van der Waals surface area (Å²) in [5, 5.41) is 3.32. The predicted molar refractivity (Wildman–Crippen MR) is 119 cm³/mol. The molecular formula is C23H25ClN4O3. The van der Waals surface area contributed by atoms with Crippen LogP contribution in [-0.2, 0) is 14.4 Å². The van der Waals surface area contributed by atoms with Gasteiger partial charge < -0.3 is 15.1 Å². The molecule has 8 heteroatoms. The second-order valence-corrected chi connectivity index (χ2v) is 8.63. The maximum Gasteiger partial charge on any atom is 0.228 e. The fourth-order valence-electron chi connectivity index (χ4n) is 4.15. The molecular weight excluding hydrogens is 416 g/mol. The summed E-state index contributed by atoms with van der Waals surface area (Å²) in [7, 11) is 0. The fourth-order valence-corrected chi connectivity index (χ4v) is 4.26. The molecule has 2 saturated heterocycles. The monoisotopic (exact) mass is 440 g/mol. The summed E-state index contributed by atoms with van der Waals surface area (Å²) in [6, 6.07) is 11.1. The Morgan fingerprint density at radius 3 is 2.42 bits per heavy atom. The molecule has 0 aliphatic carbocycles. The second kappa shape index (κ2) is 9.06. The predicted octanol–water partition coefficient (Wildman–Crippen LogP) is 3.27. The number of halogens is 1. The minimum atomic E-state index is -0.336. The molecule has 3 amide bonds. The number of aromatic nitrogens is 1. The van der Waals surface area contributed by atoms with E-state index in [0.717, 1.165) is 11.3 Å². The smallest absolute Gasteiger partial charge is 0.228 e. The number of rotatable bonds is 4. The van der Waals surface area contributed by atoms with E-state index in [1.807, 2.05) is 31.2 Å². The van der Waals surface area contributed by atoms with Gasteiger partial charge in [-0.1, -0.05) is 29.3 Å². The summed E-state index contributed by atoms with van der Waals surface area (Å²) >= 11 is 5.82. The minimum Gasteiger partial charge on any atom is -0.342 e. The topological polar surface area (TPSA) is 82.6 Å². The zero-order valence-corrected chi connectivity index (χ0v) is 18.1. The van der Waals surface area contributed by atoms with Crippen LogP contribution in [0, 0.1) is 18.8 Å². The number of nitrogens with zero attached hydrogens (tertiary/aromatic N) is 3. The Morgan fingerprint density at radius 2 is 1.77 bits per heavy atom. The standard InChI is InChI=1S/C23H25ClN4O3/c1-15-2-5-19(6-3-15)28-14-17(12-21(28)29)23(31)27-10-8-16(9-11-27)22(30)26-20-7-4-18(24)13-25-20/h2-7,13,16-17H,8-12,14H2,1H3,(H,25,26,30)/t17-/m0/s1. The van der Waals surface area contributed by atoms with E-state index in [-0.39, 0.29) is 36.0 Å². The quantitative estimate of drug-likeness (QED) is 0.790. The molecule has 2 fully saturated rings. The van der Waals surface area contributed by atoms with Crippen molar-refractivity contribution < 1.29 is 14.4 Å². The molecule has 0 spiro atoms. The Balaban J connectivity index is 1.30. The van der Waals surface area contributed by atoms with Crippen LogP contribution in [0.2, 0.25) is 5.02 Å². The van der Waals surface area contributed by atoms with E-state index in [1.54, 1.807) is 21.9 Å². The molecule has 31 heavy (non-hydrogen) atoms. The highest BCUT2D eigenvalue weighted by molar-refractivity contribution is 6.30. The number of likely N-dealkylation sites (tertiary alicyclic amines) is 1. The third-order valence-corrected chi connectivity index (χ3v) is 6.20. The highest BCUT2D eigenvalue weighted by atomic mass is 35.5. The summed E-state index contributed by atoms with van der Waals surface area (Å²) in [5.41, 5.74) is 1.96. The van der Waals surface area contributed by atoms with Crippen LogP contribution in [0.5, 0.6) is 0 Å². The number of hydrogen-bond acceptors (Lipinski definition) is 4. The van der Waals surface area contributed by atoms with E-state index in [1.165, 1.54) is 6.20 Å². The summed E-state index contributed by atoms with van der Waals surface area (Å²) < 4.78 is 0. The molecule has 1 aromatic carbocycles. The van der Waals surface area contributed by atoms with Crippen molar-refractivity contribution in [2.45, 2.75) is 26.2 Å². The lowest BCUT2D eigenvalue weighted by Gasteiger charge is -2.32. The Hall–Kier alpha value is -2.93. The van der Waals surface area contributed by atoms with Gasteiger partial charge in [0.25, 0.3) is 0 Å². The highest BCUT2D eigenvalue weighted by Gasteiger charge is 2.38. The average Bonchev–Trinajstić information content (AvgIpc) is 3.17. The van der Waals surface area contributed by atoms with Crippen LogP contribution in [0.15, 0.2) is 42.6 Å². The van der Waals surface area contributed by atoms with Crippen molar-refractivity contribution in [3.05, 3.63) is 53.2 Å². The van der Waals surface area contributed by atoms with Gasteiger partial charge in [0.15, 0.2) is 0 Å². The first-order chi connectivity index (χ1) is 14.9. The Bertz CT molecular complexity index is 969. The zero-order valence-electron chi connectivity index (χ0n) is 17.4. The molecule has 162 valence electrons. The normalized spacial score (nSPS) is 19.5. The number of aryl methyl sites for hydroxylation is 1. The number of hydrogen-bond donors (Lipinski definition) is 1. The number of carbonyl (C=O) groups is 3. The summed E-state index contributed by atoms with van der Waals surface area (Å²) in [6.07, 6.45) is 2.90. The van der Waals surface area contributed by atoms with Crippen LogP contribution < -0.4 is 10.2 Å². The number of anilines is 2. The molecule has 1 atom stereocenters. The molecule has 2 aromatic rings. The number of pyridine rings is 1. The van der Waals surface area contributed by atoms with Gasteiger partial charge in [-0.3, -0.25) is 14.4 Å². The van der Waals surface area contributed by atoms with Gasteiger partial charge in [-0.25, -0.2) is 4.98 Å². The van der Waals surface area contributed by atoms with Gasteiger partial charge in [-0.15, -0.1) is 0 Å². The van der Waals surface area contributed by atoms with Crippen LogP contribution in [0.3, 0.4) is 0 Å². The minimum absolute atomic E-state index is 0.00110. The van der Waals surface area contributed by atoms with Crippen LogP contribution in [-0.4, -0.2) is 47.2 Å². The van der Waals surface area contributed by atoms with Gasteiger partial charge in [0.1, 0.15) is 5.82 Å². The number of nitrogens with one attached hydrogen (secondary N) is 1. The van der Waals surface area contributed by atoms with Gasteiger partial charge in [0, 0.05) is 43.9 Å². The lowest BCUT2D eigenvalue weighted by molar-refractivity contribution is -0.138. The lowest BCUT2D eigenvalue weighted by atomic mass is 9.94. The molecule has 4 rings (SSSR count). The molecule has 1 N–H and O–H groups in total. The van der Waals surface area contributed by atoms with E-state index >= 15 is 0 Å². The first-order valence-corrected chi connectivity index (χ1v) is 10.9. The van der Waals surface area contributed by atoms with Crippen LogP contribution >= 0.6 is 11.6 Å². The SMILES string of the molecule is Cc1ccc(N2C[C@@H](C(=O)N3CCC(C(=O)Nc4ccc(Cl)cn4)CC3)CC2=O)cc1. The van der Waals surface area contributed by atoms with Crippen molar-refractivity contribution in [1.29, 1.82) is 0 Å². The van der Waals surface area contributed by atoms with Crippen LogP contribution in [0.25, 0.3) is 0 Å². The number of amides is 3. The zero-order chi connectivity index (χ0) is 22.0. The van der Waals surface area contributed by atoms with Gasteiger partial charge in [0.05, 0.1) is 10.9 Å². The van der Waals surface area contributed by atoms with Gasteiger partial charge in [-0.2, -0.15) is 0 Å². The summed E-state index contributed by atoms with van der Waals surface area (Å²) in [4.78, 5) is 45.6. The first kappa shape index (κ1) is 21.3. The maximum absolute atomic E-state index is 13.0. The molecule has 0 radical (unpaired) electrons. The fraction of sp³-hybridized carbons (Fsp3) is 0.391. The average molecular weight is 441 g/mol. The van der Waals surface area contributed by atoms with Crippen molar-refractivity contribution in [1.82, 2.24) is 9.88 Å². The number of piperidine rings is 1. The van der Waals surface area contributed by atoms with Crippen molar-refractivity contribution in [2.75, 3.05) is 29.9 Å². The van der Waals surface area contributed by atoms with Gasteiger partial charge in [0.2, 0.25) is 17.7 Å².